The Hall–Kier alpha value is -0.860. The fourth-order valence-corrected chi connectivity index (χ4v) is 4.38. The van der Waals surface area contributed by atoms with E-state index in [4.69, 9.17) is 4.99 Å². The van der Waals surface area contributed by atoms with Crippen molar-refractivity contribution in [2.75, 3.05) is 33.7 Å². The number of guanidine groups is 1. The molecule has 2 aliphatic rings. The van der Waals surface area contributed by atoms with Crippen molar-refractivity contribution in [1.29, 1.82) is 0 Å². The number of nitrogens with one attached hydrogen (secondary N) is 2. The van der Waals surface area contributed by atoms with Crippen LogP contribution in [0.3, 0.4) is 0 Å². The zero-order valence-electron chi connectivity index (χ0n) is 17.8. The summed E-state index contributed by atoms with van der Waals surface area (Å²) >= 11 is 0. The Bertz CT molecular complexity index is 613. The number of hydrogen-bond donors (Lipinski definition) is 2. The number of nitrogens with zero attached hydrogens (tertiary/aromatic N) is 3. The average Bonchev–Trinajstić information content (AvgIpc) is 3.31. The van der Waals surface area contributed by atoms with Gasteiger partial charge in [0.05, 0.1) is 6.54 Å². The monoisotopic (exact) mass is 499 g/mol. The first-order chi connectivity index (χ1) is 13.1. The van der Waals surface area contributed by atoms with Crippen molar-refractivity contribution in [3.8, 4) is 0 Å². The fraction of sp³-hybridized carbons (Fsp3) is 0.682. The predicted octanol–water partition coefficient (Wildman–Crippen LogP) is 3.44. The van der Waals surface area contributed by atoms with E-state index in [1.54, 1.807) is 0 Å². The van der Waals surface area contributed by atoms with Crippen molar-refractivity contribution in [3.63, 3.8) is 0 Å². The Morgan fingerprint density at radius 2 is 1.93 bits per heavy atom. The van der Waals surface area contributed by atoms with Crippen LogP contribution in [0.1, 0.15) is 50.2 Å². The van der Waals surface area contributed by atoms with Crippen LogP contribution in [-0.4, -0.2) is 61.6 Å². The van der Waals surface area contributed by atoms with Crippen LogP contribution in [0.15, 0.2) is 29.3 Å². The summed E-state index contributed by atoms with van der Waals surface area (Å²) in [5.74, 6) is 0.953. The van der Waals surface area contributed by atoms with Crippen LogP contribution < -0.4 is 10.6 Å². The average molecular weight is 499 g/mol. The lowest BCUT2D eigenvalue weighted by Gasteiger charge is -2.24. The van der Waals surface area contributed by atoms with Gasteiger partial charge in [-0.25, -0.2) is 4.99 Å². The van der Waals surface area contributed by atoms with Crippen LogP contribution in [0.2, 0.25) is 0 Å². The minimum Gasteiger partial charge on any atom is -0.357 e. The lowest BCUT2D eigenvalue weighted by molar-refractivity contribution is 0.242. The van der Waals surface area contributed by atoms with Gasteiger partial charge >= 0.3 is 0 Å². The van der Waals surface area contributed by atoms with Gasteiger partial charge in [-0.2, -0.15) is 0 Å². The van der Waals surface area contributed by atoms with E-state index in [2.05, 4.69) is 65.7 Å². The number of aliphatic imine (C=N–C) groups is 1. The van der Waals surface area contributed by atoms with Crippen molar-refractivity contribution < 1.29 is 0 Å². The van der Waals surface area contributed by atoms with Crippen molar-refractivity contribution >= 4 is 29.9 Å². The molecule has 3 rings (SSSR count). The van der Waals surface area contributed by atoms with Crippen LogP contribution in [0.25, 0.3) is 0 Å². The molecular formula is C22H38IN5. The summed E-state index contributed by atoms with van der Waals surface area (Å²) < 4.78 is 0. The normalized spacial score (nSPS) is 21.1. The van der Waals surface area contributed by atoms with Crippen molar-refractivity contribution in [1.82, 2.24) is 20.4 Å². The highest BCUT2D eigenvalue weighted by molar-refractivity contribution is 14.0. The molecule has 1 heterocycles. The molecule has 0 bridgehead atoms. The van der Waals surface area contributed by atoms with Crippen LogP contribution >= 0.6 is 24.0 Å². The molecule has 1 aliphatic heterocycles. The standard InChI is InChI=1S/C22H37N5.HI/c1-4-23-22(24-15-18-8-7-9-19(14-18)16-26(2)3)25-20-12-13-27(17-20)21-10-5-6-11-21;/h7-9,14,20-21H,4-6,10-13,15-17H2,1-3H3,(H2,23,24,25);1H. The van der Waals surface area contributed by atoms with Gasteiger partial charge in [-0.15, -0.1) is 24.0 Å². The maximum atomic E-state index is 4.85. The minimum atomic E-state index is 0. The molecule has 1 saturated heterocycles. The molecule has 1 atom stereocenters. The highest BCUT2D eigenvalue weighted by Gasteiger charge is 2.30. The molecule has 6 heteroatoms. The molecule has 1 aromatic rings. The molecule has 1 saturated carbocycles. The molecule has 28 heavy (non-hydrogen) atoms. The number of rotatable bonds is 7. The molecule has 1 aliphatic carbocycles. The smallest absolute Gasteiger partial charge is 0.191 e. The van der Waals surface area contributed by atoms with E-state index < -0.39 is 0 Å². The zero-order chi connectivity index (χ0) is 19.1. The lowest BCUT2D eigenvalue weighted by Crippen LogP contribution is -2.45. The quantitative estimate of drug-likeness (QED) is 0.343. The number of likely N-dealkylation sites (tertiary alicyclic amines) is 1. The fourth-order valence-electron chi connectivity index (χ4n) is 4.38. The van der Waals surface area contributed by atoms with E-state index in [0.717, 1.165) is 38.2 Å². The van der Waals surface area contributed by atoms with Gasteiger partial charge in [0.15, 0.2) is 5.96 Å². The Morgan fingerprint density at radius 1 is 1.18 bits per heavy atom. The third-order valence-corrected chi connectivity index (χ3v) is 5.66. The first-order valence-corrected chi connectivity index (χ1v) is 10.7. The molecule has 0 radical (unpaired) electrons. The van der Waals surface area contributed by atoms with Crippen molar-refractivity contribution in [2.24, 2.45) is 4.99 Å². The highest BCUT2D eigenvalue weighted by atomic mass is 127. The van der Waals surface area contributed by atoms with E-state index in [-0.39, 0.29) is 24.0 Å². The highest BCUT2D eigenvalue weighted by Crippen LogP contribution is 2.26. The summed E-state index contributed by atoms with van der Waals surface area (Å²) in [5.41, 5.74) is 2.61. The molecule has 0 spiro atoms. The largest absolute Gasteiger partial charge is 0.357 e. The predicted molar refractivity (Wildman–Crippen MR) is 129 cm³/mol. The zero-order valence-corrected chi connectivity index (χ0v) is 20.1. The maximum Gasteiger partial charge on any atom is 0.191 e. The van der Waals surface area contributed by atoms with Gasteiger partial charge in [-0.3, -0.25) is 4.90 Å². The minimum absolute atomic E-state index is 0. The van der Waals surface area contributed by atoms with E-state index in [0.29, 0.717) is 6.04 Å². The first-order valence-electron chi connectivity index (χ1n) is 10.7. The molecule has 2 N–H and O–H groups in total. The summed E-state index contributed by atoms with van der Waals surface area (Å²) in [5, 5.41) is 7.10. The van der Waals surface area contributed by atoms with Gasteiger partial charge in [-0.1, -0.05) is 37.1 Å². The Balaban J connectivity index is 0.00000280. The number of hydrogen-bond acceptors (Lipinski definition) is 3. The number of benzene rings is 1. The van der Waals surface area contributed by atoms with Gasteiger partial charge in [-0.05, 0) is 51.4 Å². The molecule has 1 unspecified atom stereocenters. The van der Waals surface area contributed by atoms with E-state index >= 15 is 0 Å². The third kappa shape index (κ3) is 7.19. The van der Waals surface area contributed by atoms with Gasteiger partial charge in [0.2, 0.25) is 0 Å². The topological polar surface area (TPSA) is 42.9 Å². The molecular weight excluding hydrogens is 461 g/mol. The molecule has 1 aromatic carbocycles. The van der Waals surface area contributed by atoms with Gasteiger partial charge in [0.1, 0.15) is 0 Å². The van der Waals surface area contributed by atoms with Crippen LogP contribution in [0.5, 0.6) is 0 Å². The second kappa shape index (κ2) is 12.0. The van der Waals surface area contributed by atoms with E-state index in [9.17, 15) is 0 Å². The van der Waals surface area contributed by atoms with E-state index in [1.807, 2.05) is 0 Å². The van der Waals surface area contributed by atoms with Gasteiger partial charge < -0.3 is 15.5 Å². The van der Waals surface area contributed by atoms with Crippen LogP contribution in [0.4, 0.5) is 0 Å². The molecule has 158 valence electrons. The lowest BCUT2D eigenvalue weighted by atomic mass is 10.1. The van der Waals surface area contributed by atoms with Crippen LogP contribution in [0, 0.1) is 0 Å². The van der Waals surface area contributed by atoms with Crippen LogP contribution in [-0.2, 0) is 13.1 Å². The Kier molecular flexibility index (Phi) is 10.0. The molecule has 0 aromatic heterocycles. The summed E-state index contributed by atoms with van der Waals surface area (Å²) in [6.07, 6.45) is 6.83. The second-order valence-electron chi connectivity index (χ2n) is 8.32. The first kappa shape index (κ1) is 23.4. The SMILES string of the molecule is CCNC(=NCc1cccc(CN(C)C)c1)NC1CCN(C2CCCC2)C1.I. The summed E-state index contributed by atoms with van der Waals surface area (Å²) in [4.78, 5) is 9.74. The second-order valence-corrected chi connectivity index (χ2v) is 8.32. The van der Waals surface area contributed by atoms with E-state index in [1.165, 1.54) is 49.8 Å². The maximum absolute atomic E-state index is 4.85. The number of halogens is 1. The molecule has 5 nitrogen and oxygen atoms in total. The van der Waals surface area contributed by atoms with Gasteiger partial charge in [0.25, 0.3) is 0 Å². The molecule has 2 fully saturated rings. The van der Waals surface area contributed by atoms with Crippen molar-refractivity contribution in [2.45, 2.75) is 64.2 Å². The summed E-state index contributed by atoms with van der Waals surface area (Å²) in [6, 6.07) is 10.1. The third-order valence-electron chi connectivity index (χ3n) is 5.66. The summed E-state index contributed by atoms with van der Waals surface area (Å²) in [6.45, 7) is 7.10. The Morgan fingerprint density at radius 3 is 2.64 bits per heavy atom. The van der Waals surface area contributed by atoms with Gasteiger partial charge in [0, 0.05) is 38.3 Å². The Labute approximate surface area is 188 Å². The van der Waals surface area contributed by atoms with Crippen molar-refractivity contribution in [3.05, 3.63) is 35.4 Å². The molecule has 0 amide bonds. The summed E-state index contributed by atoms with van der Waals surface area (Å²) in [7, 11) is 4.21.